The van der Waals surface area contributed by atoms with Gasteiger partial charge in [0.05, 0.1) is 16.8 Å². The molecule has 1 aromatic rings. The fourth-order valence-corrected chi connectivity index (χ4v) is 3.92. The number of rotatable bonds is 5. The maximum absolute atomic E-state index is 5.74. The lowest BCUT2D eigenvalue weighted by Crippen LogP contribution is -2.48. The molecule has 2 aliphatic heterocycles. The summed E-state index contributed by atoms with van der Waals surface area (Å²) in [6, 6.07) is 0. The highest BCUT2D eigenvalue weighted by Crippen LogP contribution is 2.20. The minimum Gasteiger partial charge on any atom is -0.377 e. The van der Waals surface area contributed by atoms with Crippen LogP contribution >= 0.6 is 11.3 Å². The molecule has 0 bridgehead atoms. The van der Waals surface area contributed by atoms with Crippen molar-refractivity contribution in [3.05, 3.63) is 16.1 Å². The van der Waals surface area contributed by atoms with Gasteiger partial charge >= 0.3 is 0 Å². The van der Waals surface area contributed by atoms with Crippen molar-refractivity contribution in [2.75, 3.05) is 39.3 Å². The summed E-state index contributed by atoms with van der Waals surface area (Å²) in [5, 5.41) is 3.50. The van der Waals surface area contributed by atoms with Crippen molar-refractivity contribution in [1.82, 2.24) is 14.8 Å². The van der Waals surface area contributed by atoms with Crippen molar-refractivity contribution < 1.29 is 4.74 Å². The van der Waals surface area contributed by atoms with Crippen molar-refractivity contribution in [3.63, 3.8) is 0 Å². The Bertz CT molecular complexity index is 434. The molecule has 21 heavy (non-hydrogen) atoms. The van der Waals surface area contributed by atoms with Crippen molar-refractivity contribution >= 4 is 11.3 Å². The van der Waals surface area contributed by atoms with Crippen LogP contribution < -0.4 is 0 Å². The van der Waals surface area contributed by atoms with Crippen LogP contribution in [0.25, 0.3) is 0 Å². The van der Waals surface area contributed by atoms with E-state index in [9.17, 15) is 0 Å². The van der Waals surface area contributed by atoms with E-state index < -0.39 is 0 Å². The van der Waals surface area contributed by atoms with Gasteiger partial charge in [0.1, 0.15) is 0 Å². The Morgan fingerprint density at radius 3 is 2.67 bits per heavy atom. The monoisotopic (exact) mass is 309 g/mol. The van der Waals surface area contributed by atoms with Gasteiger partial charge in [0, 0.05) is 57.2 Å². The molecule has 0 N–H and O–H groups in total. The molecule has 3 heterocycles. The number of thiazole rings is 1. The Hall–Kier alpha value is -0.490. The molecule has 2 saturated heterocycles. The van der Waals surface area contributed by atoms with E-state index in [-0.39, 0.29) is 0 Å². The Morgan fingerprint density at radius 1 is 1.29 bits per heavy atom. The highest BCUT2D eigenvalue weighted by Gasteiger charge is 2.23. The van der Waals surface area contributed by atoms with Crippen LogP contribution in [0.1, 0.15) is 43.3 Å². The fraction of sp³-hybridized carbons (Fsp3) is 0.812. The lowest BCUT2D eigenvalue weighted by molar-refractivity contribution is 0.0487. The topological polar surface area (TPSA) is 28.6 Å². The van der Waals surface area contributed by atoms with Gasteiger partial charge in [0.15, 0.2) is 0 Å². The summed E-state index contributed by atoms with van der Waals surface area (Å²) in [5.41, 5.74) is 1.25. The van der Waals surface area contributed by atoms with Crippen LogP contribution in [0.15, 0.2) is 5.38 Å². The maximum atomic E-state index is 5.74. The average molecular weight is 309 g/mol. The van der Waals surface area contributed by atoms with Gasteiger partial charge in [-0.15, -0.1) is 11.3 Å². The summed E-state index contributed by atoms with van der Waals surface area (Å²) in [7, 11) is 0. The zero-order chi connectivity index (χ0) is 14.7. The van der Waals surface area contributed by atoms with Crippen LogP contribution in [0.4, 0.5) is 0 Å². The first kappa shape index (κ1) is 15.4. The second-order valence-corrected chi connectivity index (χ2v) is 7.43. The third kappa shape index (κ3) is 4.25. The van der Waals surface area contributed by atoms with Gasteiger partial charge in [-0.05, 0) is 12.8 Å². The Labute approximate surface area is 132 Å². The van der Waals surface area contributed by atoms with Crippen molar-refractivity contribution in [2.45, 2.75) is 45.3 Å². The first-order valence-electron chi connectivity index (χ1n) is 8.21. The van der Waals surface area contributed by atoms with Gasteiger partial charge in [0.25, 0.3) is 0 Å². The average Bonchev–Trinajstić information content (AvgIpc) is 3.12. The Balaban J connectivity index is 1.42. The van der Waals surface area contributed by atoms with E-state index in [4.69, 9.17) is 9.72 Å². The van der Waals surface area contributed by atoms with Crippen LogP contribution in [0.5, 0.6) is 0 Å². The van der Waals surface area contributed by atoms with Crippen LogP contribution in [0, 0.1) is 0 Å². The molecule has 4 nitrogen and oxygen atoms in total. The minimum absolute atomic E-state index is 0.490. The van der Waals surface area contributed by atoms with Crippen LogP contribution in [-0.2, 0) is 11.3 Å². The fourth-order valence-electron chi connectivity index (χ4n) is 3.10. The smallest absolute Gasteiger partial charge is 0.0954 e. The van der Waals surface area contributed by atoms with E-state index in [0.29, 0.717) is 12.0 Å². The predicted octanol–water partition coefficient (Wildman–Crippen LogP) is 2.56. The van der Waals surface area contributed by atoms with E-state index in [2.05, 4.69) is 29.0 Å². The van der Waals surface area contributed by atoms with Gasteiger partial charge in [-0.2, -0.15) is 0 Å². The molecule has 0 saturated carbocycles. The molecule has 1 aromatic heterocycles. The molecule has 118 valence electrons. The number of nitrogens with zero attached hydrogens (tertiary/aromatic N) is 3. The first-order chi connectivity index (χ1) is 10.2. The standard InChI is InChI=1S/C16H27N3OS/c1-13(2)16-17-14(12-21-16)10-18-5-7-19(8-6-18)11-15-4-3-9-20-15/h12-13,15H,3-11H2,1-2H3/t15-/m1/s1. The normalized spacial score (nSPS) is 25.0. The molecule has 0 aliphatic carbocycles. The van der Waals surface area contributed by atoms with Gasteiger partial charge in [0.2, 0.25) is 0 Å². The van der Waals surface area contributed by atoms with E-state index in [0.717, 1.165) is 32.8 Å². The highest BCUT2D eigenvalue weighted by atomic mass is 32.1. The SMILES string of the molecule is CC(C)c1nc(CN2CCN(C[C@H]3CCCO3)CC2)cs1. The molecule has 0 spiro atoms. The third-order valence-electron chi connectivity index (χ3n) is 4.40. The summed E-state index contributed by atoms with van der Waals surface area (Å²) >= 11 is 1.80. The number of piperazine rings is 1. The lowest BCUT2D eigenvalue weighted by Gasteiger charge is -2.35. The molecule has 5 heteroatoms. The zero-order valence-corrected chi connectivity index (χ0v) is 14.1. The van der Waals surface area contributed by atoms with Gasteiger partial charge in [-0.3, -0.25) is 9.80 Å². The van der Waals surface area contributed by atoms with Crippen LogP contribution in [-0.4, -0.2) is 60.2 Å². The summed E-state index contributed by atoms with van der Waals surface area (Å²) in [6.45, 7) is 12.2. The number of ether oxygens (including phenoxy) is 1. The molecule has 0 aromatic carbocycles. The molecule has 2 aliphatic rings. The molecule has 2 fully saturated rings. The Morgan fingerprint density at radius 2 is 2.05 bits per heavy atom. The molecular weight excluding hydrogens is 282 g/mol. The summed E-state index contributed by atoms with van der Waals surface area (Å²) < 4.78 is 5.74. The highest BCUT2D eigenvalue weighted by molar-refractivity contribution is 7.09. The number of hydrogen-bond donors (Lipinski definition) is 0. The van der Waals surface area contributed by atoms with Crippen LogP contribution in [0.2, 0.25) is 0 Å². The third-order valence-corrected chi connectivity index (χ3v) is 5.59. The van der Waals surface area contributed by atoms with Crippen molar-refractivity contribution in [1.29, 1.82) is 0 Å². The minimum atomic E-state index is 0.490. The predicted molar refractivity (Wildman–Crippen MR) is 86.9 cm³/mol. The van der Waals surface area contributed by atoms with Gasteiger partial charge < -0.3 is 4.74 Å². The first-order valence-corrected chi connectivity index (χ1v) is 9.09. The van der Waals surface area contributed by atoms with Crippen molar-refractivity contribution in [2.24, 2.45) is 0 Å². The van der Waals surface area contributed by atoms with Crippen LogP contribution in [0.3, 0.4) is 0 Å². The second kappa shape index (κ2) is 7.18. The summed E-state index contributed by atoms with van der Waals surface area (Å²) in [6.07, 6.45) is 2.98. The van der Waals surface area contributed by atoms with Crippen molar-refractivity contribution in [3.8, 4) is 0 Å². The molecular formula is C16H27N3OS. The maximum Gasteiger partial charge on any atom is 0.0954 e. The Kier molecular flexibility index (Phi) is 5.27. The molecule has 3 rings (SSSR count). The van der Waals surface area contributed by atoms with E-state index >= 15 is 0 Å². The molecule has 0 radical (unpaired) electrons. The van der Waals surface area contributed by atoms with Gasteiger partial charge in [-0.1, -0.05) is 13.8 Å². The lowest BCUT2D eigenvalue weighted by atomic mass is 10.2. The largest absolute Gasteiger partial charge is 0.377 e. The number of hydrogen-bond acceptors (Lipinski definition) is 5. The van der Waals surface area contributed by atoms with E-state index in [1.165, 1.54) is 36.6 Å². The summed E-state index contributed by atoms with van der Waals surface area (Å²) in [5.74, 6) is 0.548. The summed E-state index contributed by atoms with van der Waals surface area (Å²) in [4.78, 5) is 9.84. The molecule has 0 unspecified atom stereocenters. The van der Waals surface area contributed by atoms with Gasteiger partial charge in [-0.25, -0.2) is 4.98 Å². The second-order valence-electron chi connectivity index (χ2n) is 6.54. The molecule has 0 amide bonds. The van der Waals surface area contributed by atoms with E-state index in [1.807, 2.05) is 0 Å². The van der Waals surface area contributed by atoms with E-state index in [1.54, 1.807) is 11.3 Å². The molecule has 1 atom stereocenters. The zero-order valence-electron chi connectivity index (χ0n) is 13.3. The number of aromatic nitrogens is 1. The quantitative estimate of drug-likeness (QED) is 0.836.